The lowest BCUT2D eigenvalue weighted by Crippen LogP contribution is -2.50. The lowest BCUT2D eigenvalue weighted by molar-refractivity contribution is -0.117. The molecule has 1 fully saturated rings. The minimum Gasteiger partial charge on any atom is -0.494 e. The number of nitrogens with zero attached hydrogens (tertiary/aromatic N) is 4. The molecule has 2 aromatic heterocycles. The van der Waals surface area contributed by atoms with Crippen LogP contribution in [0.1, 0.15) is 29.2 Å². The number of carbonyl (C=O) groups is 2. The Morgan fingerprint density at radius 3 is 2.63 bits per heavy atom. The summed E-state index contributed by atoms with van der Waals surface area (Å²) in [6.07, 6.45) is 1.62. The lowest BCUT2D eigenvalue weighted by Gasteiger charge is -2.23. The van der Waals surface area contributed by atoms with E-state index in [-0.39, 0.29) is 41.5 Å². The molecular formula is C20H19B3N8O4. The maximum atomic E-state index is 12.7. The van der Waals surface area contributed by atoms with Gasteiger partial charge in [-0.05, 0) is 25.0 Å². The molecule has 0 spiro atoms. The van der Waals surface area contributed by atoms with Crippen LogP contribution in [-0.4, -0.2) is 68.0 Å². The first-order chi connectivity index (χ1) is 16.7. The van der Waals surface area contributed by atoms with E-state index >= 15 is 0 Å². The Morgan fingerprint density at radius 2 is 2.00 bits per heavy atom. The largest absolute Gasteiger partial charge is 0.494 e. The first kappa shape index (κ1) is 24.3. The topological polar surface area (TPSA) is 170 Å². The number of para-hydroxylation sites is 1. The van der Waals surface area contributed by atoms with Crippen molar-refractivity contribution in [3.05, 3.63) is 35.8 Å². The molecular weight excluding hydrogens is 449 g/mol. The molecule has 12 nitrogen and oxygen atoms in total. The van der Waals surface area contributed by atoms with Gasteiger partial charge in [-0.1, -0.05) is 16.5 Å². The second-order valence-corrected chi connectivity index (χ2v) is 7.87. The molecule has 0 bridgehead atoms. The summed E-state index contributed by atoms with van der Waals surface area (Å²) in [6.45, 7) is 0.102. The van der Waals surface area contributed by atoms with Gasteiger partial charge in [0.2, 0.25) is 5.91 Å². The highest BCUT2D eigenvalue weighted by molar-refractivity contribution is 6.60. The Bertz CT molecular complexity index is 1260. The summed E-state index contributed by atoms with van der Waals surface area (Å²) in [5, 5.41) is 17.6. The molecule has 172 valence electrons. The van der Waals surface area contributed by atoms with Crippen molar-refractivity contribution in [3.8, 4) is 17.2 Å². The molecule has 1 saturated carbocycles. The molecule has 1 aromatic carbocycles. The number of anilines is 3. The van der Waals surface area contributed by atoms with Crippen LogP contribution >= 0.6 is 0 Å². The molecule has 6 radical (unpaired) electrons. The van der Waals surface area contributed by atoms with Gasteiger partial charge >= 0.3 is 0 Å². The molecule has 2 heterocycles. The minimum absolute atomic E-state index is 0.0619. The van der Waals surface area contributed by atoms with E-state index < -0.39 is 11.1 Å². The van der Waals surface area contributed by atoms with Gasteiger partial charge in [-0.2, -0.15) is 4.98 Å². The first-order valence-corrected chi connectivity index (χ1v) is 10.5. The second kappa shape index (κ2) is 9.78. The molecule has 0 aliphatic heterocycles. The zero-order chi connectivity index (χ0) is 25.2. The number of aromatic nitrogens is 4. The first-order valence-electron chi connectivity index (χ1n) is 10.5. The number of ether oxygens (including phenoxy) is 1. The van der Waals surface area contributed by atoms with Crippen molar-refractivity contribution in [1.29, 1.82) is 0 Å². The van der Waals surface area contributed by atoms with E-state index in [1.165, 1.54) is 13.2 Å². The highest BCUT2D eigenvalue weighted by Crippen LogP contribution is 2.38. The Kier molecular flexibility index (Phi) is 6.78. The van der Waals surface area contributed by atoms with Crippen molar-refractivity contribution in [1.82, 2.24) is 25.7 Å². The van der Waals surface area contributed by atoms with Crippen LogP contribution in [0.15, 0.2) is 28.8 Å². The predicted octanol–water partition coefficient (Wildman–Crippen LogP) is -0.0674. The number of amides is 2. The van der Waals surface area contributed by atoms with E-state index in [0.717, 1.165) is 12.8 Å². The molecule has 35 heavy (non-hydrogen) atoms. The van der Waals surface area contributed by atoms with Crippen LogP contribution in [0.4, 0.5) is 17.2 Å². The van der Waals surface area contributed by atoms with Gasteiger partial charge in [-0.25, -0.2) is 0 Å². The fraction of sp³-hybridized carbons (Fsp3) is 0.300. The van der Waals surface area contributed by atoms with Gasteiger partial charge in [-0.3, -0.25) is 9.59 Å². The van der Waals surface area contributed by atoms with Gasteiger partial charge in [0.05, 0.1) is 54.1 Å². The molecule has 15 heteroatoms. The van der Waals surface area contributed by atoms with E-state index in [9.17, 15) is 9.59 Å². The summed E-state index contributed by atoms with van der Waals surface area (Å²) >= 11 is 0. The van der Waals surface area contributed by atoms with Crippen LogP contribution in [0.25, 0.3) is 11.5 Å². The summed E-state index contributed by atoms with van der Waals surface area (Å²) in [6, 6.07) is 6.55. The normalized spacial score (nSPS) is 13.2. The number of nitrogens with two attached hydrogens (primary N) is 1. The number of rotatable bonds is 9. The molecule has 2 amide bonds. The molecule has 0 atom stereocenters. The SMILES string of the molecule is [B]C([B])([B])NC(=O)c1nnc(NC(=O)C2CC2)cc1Nc1cccc(-c2nc(CN)no2)c1OC. The standard InChI is InChI=1S/C20H19B3N8O4/c1-34-16-10(19-27-14(8-24)31-35-19)3-2-4-11(16)25-12-7-13(26-17(32)9-5-6-9)29-30-15(12)18(33)28-20(21,22)23/h2-4,7,9H,5-6,8,24H2,1H3,(H,28,33)(H2,25,26,29,32). The zero-order valence-corrected chi connectivity index (χ0v) is 18.7. The Hall–Kier alpha value is -3.87. The van der Waals surface area contributed by atoms with Crippen molar-refractivity contribution in [3.63, 3.8) is 0 Å². The van der Waals surface area contributed by atoms with E-state index in [2.05, 4.69) is 36.3 Å². The molecule has 1 aliphatic rings. The van der Waals surface area contributed by atoms with Crippen LogP contribution in [0.5, 0.6) is 5.75 Å². The third-order valence-electron chi connectivity index (χ3n) is 4.91. The summed E-state index contributed by atoms with van der Waals surface area (Å²) in [7, 11) is 18.0. The maximum absolute atomic E-state index is 12.7. The number of hydrogen-bond acceptors (Lipinski definition) is 10. The van der Waals surface area contributed by atoms with E-state index in [1.54, 1.807) is 18.2 Å². The molecule has 5 N–H and O–H groups in total. The molecule has 0 saturated heterocycles. The van der Waals surface area contributed by atoms with Gasteiger partial charge in [0, 0.05) is 12.0 Å². The van der Waals surface area contributed by atoms with Crippen molar-refractivity contribution < 1.29 is 18.8 Å². The van der Waals surface area contributed by atoms with Crippen LogP contribution in [0, 0.1) is 5.92 Å². The van der Waals surface area contributed by atoms with Crippen molar-refractivity contribution in [2.24, 2.45) is 11.7 Å². The number of carbonyl (C=O) groups excluding carboxylic acids is 2. The fourth-order valence-electron chi connectivity index (χ4n) is 3.16. The Balaban J connectivity index is 1.72. The Morgan fingerprint density at radius 1 is 1.23 bits per heavy atom. The second-order valence-electron chi connectivity index (χ2n) is 7.87. The molecule has 3 aromatic rings. The monoisotopic (exact) mass is 468 g/mol. The van der Waals surface area contributed by atoms with E-state index in [0.29, 0.717) is 22.8 Å². The van der Waals surface area contributed by atoms with Crippen molar-refractivity contribution >= 4 is 52.5 Å². The summed E-state index contributed by atoms with van der Waals surface area (Å²) in [4.78, 5) is 29.2. The van der Waals surface area contributed by atoms with Crippen molar-refractivity contribution in [2.75, 3.05) is 17.7 Å². The molecule has 1 aliphatic carbocycles. The van der Waals surface area contributed by atoms with Crippen molar-refractivity contribution in [2.45, 2.75) is 24.6 Å². The predicted molar refractivity (Wildman–Crippen MR) is 128 cm³/mol. The highest BCUT2D eigenvalue weighted by atomic mass is 16.5. The van der Waals surface area contributed by atoms with Crippen LogP contribution in [-0.2, 0) is 11.3 Å². The quantitative estimate of drug-likeness (QED) is 0.312. The minimum atomic E-state index is -1.99. The lowest BCUT2D eigenvalue weighted by atomic mass is 9.49. The van der Waals surface area contributed by atoms with Gasteiger partial charge < -0.3 is 30.9 Å². The summed E-state index contributed by atoms with van der Waals surface area (Å²) < 4.78 is 10.8. The maximum Gasteiger partial charge on any atom is 0.272 e. The zero-order valence-electron chi connectivity index (χ0n) is 18.7. The number of hydrogen-bond donors (Lipinski definition) is 4. The summed E-state index contributed by atoms with van der Waals surface area (Å²) in [5.41, 5.74) is 6.44. The van der Waals surface area contributed by atoms with Gasteiger partial charge in [-0.15, -0.1) is 10.2 Å². The fourth-order valence-corrected chi connectivity index (χ4v) is 3.16. The number of benzene rings is 1. The van der Waals surface area contributed by atoms with Gasteiger partial charge in [0.15, 0.2) is 23.1 Å². The highest BCUT2D eigenvalue weighted by Gasteiger charge is 2.30. The van der Waals surface area contributed by atoms with Crippen LogP contribution in [0.3, 0.4) is 0 Å². The average molecular weight is 468 g/mol. The van der Waals surface area contributed by atoms with Gasteiger partial charge in [0.1, 0.15) is 0 Å². The van der Waals surface area contributed by atoms with E-state index in [1.807, 2.05) is 0 Å². The van der Waals surface area contributed by atoms with E-state index in [4.69, 9.17) is 38.5 Å². The summed E-state index contributed by atoms with van der Waals surface area (Å²) in [5.74, 6) is -0.0624. The Labute approximate surface area is 204 Å². The van der Waals surface area contributed by atoms with Crippen LogP contribution < -0.4 is 26.4 Å². The van der Waals surface area contributed by atoms with Gasteiger partial charge in [0.25, 0.3) is 11.8 Å². The average Bonchev–Trinajstić information content (AvgIpc) is 3.55. The molecule has 0 unspecified atom stereocenters. The molecule has 4 rings (SSSR count). The third-order valence-corrected chi connectivity index (χ3v) is 4.91. The number of nitrogens with one attached hydrogen (secondary N) is 3. The third kappa shape index (κ3) is 5.80. The van der Waals surface area contributed by atoms with Crippen LogP contribution in [0.2, 0.25) is 0 Å². The number of methoxy groups -OCH3 is 1. The smallest absolute Gasteiger partial charge is 0.272 e.